The molecule has 0 aliphatic carbocycles. The Kier molecular flexibility index (Phi) is 11.4. The number of aromatic hydroxyl groups is 2. The van der Waals surface area contributed by atoms with Gasteiger partial charge in [0.25, 0.3) is 0 Å². The lowest BCUT2D eigenvalue weighted by Crippen LogP contribution is -2.21. The third-order valence-electron chi connectivity index (χ3n) is 7.13. The first-order valence-electron chi connectivity index (χ1n) is 14.9. The zero-order chi connectivity index (χ0) is 32.2. The van der Waals surface area contributed by atoms with E-state index in [1.54, 1.807) is 25.3 Å². The number of hydrogen-bond donors (Lipinski definition) is 5. The molecule has 0 aliphatic rings. The summed E-state index contributed by atoms with van der Waals surface area (Å²) in [7, 11) is 1.59. The van der Waals surface area contributed by atoms with Crippen molar-refractivity contribution < 1.29 is 14.9 Å². The fraction of sp³-hybridized carbons (Fsp3) is 0.273. The molecule has 0 saturated carbocycles. The Balaban J connectivity index is 1.56. The van der Waals surface area contributed by atoms with Crippen molar-refractivity contribution >= 4 is 47.1 Å². The predicted octanol–water partition coefficient (Wildman–Crippen LogP) is 6.22. The highest BCUT2D eigenvalue weighted by Gasteiger charge is 2.10. The molecule has 12 nitrogen and oxygen atoms in total. The van der Waals surface area contributed by atoms with Crippen LogP contribution >= 0.6 is 0 Å². The summed E-state index contributed by atoms with van der Waals surface area (Å²) in [5, 5.41) is 32.9. The number of phenolic OH excluding ortho intramolecular Hbond substituents is 2. The van der Waals surface area contributed by atoms with Crippen LogP contribution in [-0.2, 0) is 0 Å². The summed E-state index contributed by atoms with van der Waals surface area (Å²) in [5.74, 6) is 1.85. The Morgan fingerprint density at radius 3 is 1.64 bits per heavy atom. The van der Waals surface area contributed by atoms with Gasteiger partial charge in [0.2, 0.25) is 5.95 Å². The van der Waals surface area contributed by atoms with Gasteiger partial charge >= 0.3 is 0 Å². The molecule has 1 heterocycles. The number of methoxy groups -OCH3 is 1. The van der Waals surface area contributed by atoms with Gasteiger partial charge in [0, 0.05) is 66.9 Å². The molecular formula is C33H41N9O3. The molecule has 0 spiro atoms. The molecular weight excluding hydrogens is 570 g/mol. The summed E-state index contributed by atoms with van der Waals surface area (Å²) in [6.07, 6.45) is 3.04. The maximum atomic E-state index is 10.6. The fourth-order valence-electron chi connectivity index (χ4n) is 4.68. The summed E-state index contributed by atoms with van der Waals surface area (Å²) in [6, 6.07) is 20.0. The molecule has 0 saturated heterocycles. The smallest absolute Gasteiger partial charge is 0.231 e. The molecule has 236 valence electrons. The molecule has 0 amide bonds. The lowest BCUT2D eigenvalue weighted by Gasteiger charge is -2.21. The van der Waals surface area contributed by atoms with Gasteiger partial charge in [-0.2, -0.15) is 20.2 Å². The van der Waals surface area contributed by atoms with E-state index in [0.29, 0.717) is 34.2 Å². The van der Waals surface area contributed by atoms with Crippen LogP contribution in [0.5, 0.6) is 17.2 Å². The SMILES string of the molecule is CCN(CC)c1ccc(C=NNc2cc(NN=Cc3ccc(N(CC)CC)cc3O)nc(Nc3ccccc3OC)n2)c(O)c1. The second-order valence-electron chi connectivity index (χ2n) is 9.86. The zero-order valence-corrected chi connectivity index (χ0v) is 26.3. The number of rotatable bonds is 15. The molecule has 4 rings (SSSR count). The van der Waals surface area contributed by atoms with Crippen molar-refractivity contribution in [1.29, 1.82) is 0 Å². The van der Waals surface area contributed by atoms with E-state index in [2.05, 4.69) is 73.8 Å². The number of aromatic nitrogens is 2. The average Bonchev–Trinajstić information content (AvgIpc) is 3.04. The minimum atomic E-state index is 0.122. The van der Waals surface area contributed by atoms with Gasteiger partial charge in [-0.25, -0.2) is 0 Å². The molecule has 1 aromatic heterocycles. The Morgan fingerprint density at radius 1 is 0.711 bits per heavy atom. The van der Waals surface area contributed by atoms with E-state index in [0.717, 1.165) is 37.6 Å². The molecule has 0 bridgehead atoms. The van der Waals surface area contributed by atoms with Crippen molar-refractivity contribution in [3.8, 4) is 17.2 Å². The van der Waals surface area contributed by atoms with E-state index in [4.69, 9.17) is 4.74 Å². The molecule has 0 aliphatic heterocycles. The summed E-state index contributed by atoms with van der Waals surface area (Å²) in [6.45, 7) is 11.7. The van der Waals surface area contributed by atoms with Gasteiger partial charge in [0.15, 0.2) is 11.6 Å². The molecule has 0 atom stereocenters. The quantitative estimate of drug-likeness (QED) is 0.0776. The second-order valence-corrected chi connectivity index (χ2v) is 9.86. The van der Waals surface area contributed by atoms with Crippen molar-refractivity contribution in [3.05, 3.63) is 77.9 Å². The number of ether oxygens (including phenoxy) is 1. The van der Waals surface area contributed by atoms with Crippen LogP contribution in [0, 0.1) is 0 Å². The van der Waals surface area contributed by atoms with E-state index in [9.17, 15) is 10.2 Å². The lowest BCUT2D eigenvalue weighted by atomic mass is 10.2. The average molecular weight is 612 g/mol. The van der Waals surface area contributed by atoms with Crippen LogP contribution in [-0.4, -0.2) is 65.9 Å². The summed E-state index contributed by atoms with van der Waals surface area (Å²) in [5.41, 5.74) is 9.47. The summed E-state index contributed by atoms with van der Waals surface area (Å²) >= 11 is 0. The summed E-state index contributed by atoms with van der Waals surface area (Å²) < 4.78 is 5.45. The van der Waals surface area contributed by atoms with Crippen molar-refractivity contribution in [1.82, 2.24) is 9.97 Å². The number of anilines is 6. The van der Waals surface area contributed by atoms with Gasteiger partial charge < -0.3 is 30.1 Å². The topological polar surface area (TPSA) is 143 Å². The van der Waals surface area contributed by atoms with Crippen molar-refractivity contribution in [2.75, 3.05) is 59.3 Å². The number of hydrazone groups is 2. The van der Waals surface area contributed by atoms with Crippen LogP contribution in [0.25, 0.3) is 0 Å². The van der Waals surface area contributed by atoms with Gasteiger partial charge in [-0.15, -0.1) is 0 Å². The van der Waals surface area contributed by atoms with Crippen LogP contribution in [0.15, 0.2) is 76.9 Å². The fourth-order valence-corrected chi connectivity index (χ4v) is 4.68. The van der Waals surface area contributed by atoms with Crippen LogP contribution in [0.1, 0.15) is 38.8 Å². The Morgan fingerprint density at radius 2 is 1.20 bits per heavy atom. The van der Waals surface area contributed by atoms with Gasteiger partial charge in [0.05, 0.1) is 25.2 Å². The Bertz CT molecular complexity index is 1530. The van der Waals surface area contributed by atoms with Crippen molar-refractivity contribution in [2.45, 2.75) is 27.7 Å². The molecule has 45 heavy (non-hydrogen) atoms. The minimum absolute atomic E-state index is 0.122. The van der Waals surface area contributed by atoms with Gasteiger partial charge in [0.1, 0.15) is 17.2 Å². The maximum absolute atomic E-state index is 10.6. The lowest BCUT2D eigenvalue weighted by molar-refractivity contribution is 0.417. The Labute approximate surface area is 264 Å². The maximum Gasteiger partial charge on any atom is 0.231 e. The number of nitrogens with one attached hydrogen (secondary N) is 3. The first kappa shape index (κ1) is 32.4. The molecule has 0 radical (unpaired) electrons. The first-order chi connectivity index (χ1) is 21.9. The number of hydrogen-bond acceptors (Lipinski definition) is 12. The third kappa shape index (κ3) is 8.53. The number of para-hydroxylation sites is 2. The molecule has 3 aromatic carbocycles. The molecule has 12 heteroatoms. The largest absolute Gasteiger partial charge is 0.507 e. The normalized spacial score (nSPS) is 11.1. The molecule has 5 N–H and O–H groups in total. The van der Waals surface area contributed by atoms with Gasteiger partial charge in [-0.05, 0) is 64.1 Å². The highest BCUT2D eigenvalue weighted by molar-refractivity contribution is 5.86. The number of nitrogens with zero attached hydrogens (tertiary/aromatic N) is 6. The van der Waals surface area contributed by atoms with Crippen LogP contribution in [0.2, 0.25) is 0 Å². The van der Waals surface area contributed by atoms with E-state index < -0.39 is 0 Å². The van der Waals surface area contributed by atoms with Gasteiger partial charge in [-0.1, -0.05) is 12.1 Å². The molecule has 0 unspecified atom stereocenters. The standard InChI is InChI=1S/C33H41N9O3/c1-6-41(7-2)25-16-14-23(28(43)18-25)21-34-39-31-20-32(38-33(37-31)36-27-12-10-11-13-30(27)45-5)40-35-22-24-15-17-26(19-29(24)44)42(8-3)9-4/h10-22,43-44H,6-9H2,1-5H3,(H3,36,37,38,39,40). The second kappa shape index (κ2) is 15.8. The monoisotopic (exact) mass is 611 g/mol. The van der Waals surface area contributed by atoms with Gasteiger partial charge in [-0.3, -0.25) is 10.9 Å². The van der Waals surface area contributed by atoms with E-state index in [-0.39, 0.29) is 17.4 Å². The molecule has 4 aromatic rings. The molecule has 0 fully saturated rings. The Hall–Kier alpha value is -5.52. The highest BCUT2D eigenvalue weighted by atomic mass is 16.5. The van der Waals surface area contributed by atoms with Crippen LogP contribution in [0.4, 0.5) is 34.6 Å². The van der Waals surface area contributed by atoms with Crippen molar-refractivity contribution in [2.24, 2.45) is 10.2 Å². The number of phenols is 2. The van der Waals surface area contributed by atoms with E-state index in [1.165, 1.54) is 12.4 Å². The minimum Gasteiger partial charge on any atom is -0.507 e. The van der Waals surface area contributed by atoms with E-state index >= 15 is 0 Å². The number of benzene rings is 3. The highest BCUT2D eigenvalue weighted by Crippen LogP contribution is 2.28. The zero-order valence-electron chi connectivity index (χ0n) is 26.3. The van der Waals surface area contributed by atoms with Crippen molar-refractivity contribution in [3.63, 3.8) is 0 Å². The van der Waals surface area contributed by atoms with Crippen LogP contribution < -0.4 is 30.7 Å². The first-order valence-corrected chi connectivity index (χ1v) is 14.9. The third-order valence-corrected chi connectivity index (χ3v) is 7.13. The van der Waals surface area contributed by atoms with Crippen LogP contribution in [0.3, 0.4) is 0 Å². The van der Waals surface area contributed by atoms with E-state index in [1.807, 2.05) is 48.5 Å². The summed E-state index contributed by atoms with van der Waals surface area (Å²) in [4.78, 5) is 13.4. The predicted molar refractivity (Wildman–Crippen MR) is 184 cm³/mol.